The maximum atomic E-state index is 11.8. The van der Waals surface area contributed by atoms with Gasteiger partial charge in [0.25, 0.3) is 0 Å². The van der Waals surface area contributed by atoms with Crippen LogP contribution in [-0.2, 0) is 4.79 Å². The number of hydrogen-bond donors (Lipinski definition) is 2. The van der Waals surface area contributed by atoms with Crippen molar-refractivity contribution in [3.05, 3.63) is 29.3 Å². The molecule has 2 rings (SSSR count). The fraction of sp³-hybridized carbons (Fsp3) is 0.562. The molecule has 110 valence electrons. The highest BCUT2D eigenvalue weighted by Crippen LogP contribution is 2.42. The third kappa shape index (κ3) is 3.18. The van der Waals surface area contributed by atoms with Crippen LogP contribution < -0.4 is 5.32 Å². The Morgan fingerprint density at radius 2 is 2.10 bits per heavy atom. The molecular weight excluding hydrogens is 270 g/mol. The van der Waals surface area contributed by atoms with Crippen LogP contribution in [0.25, 0.3) is 0 Å². The Balaban J connectivity index is 2.11. The molecule has 0 amide bonds. The molecular formula is C16H23NO2S. The Morgan fingerprint density at radius 3 is 2.60 bits per heavy atom. The van der Waals surface area contributed by atoms with E-state index in [2.05, 4.69) is 37.4 Å². The van der Waals surface area contributed by atoms with Crippen molar-refractivity contribution in [1.82, 2.24) is 5.32 Å². The molecule has 2 N–H and O–H groups in total. The summed E-state index contributed by atoms with van der Waals surface area (Å²) in [5.74, 6) is 0.153. The molecule has 0 radical (unpaired) electrons. The van der Waals surface area contributed by atoms with Gasteiger partial charge < -0.3 is 10.4 Å². The largest absolute Gasteiger partial charge is 0.480 e. The van der Waals surface area contributed by atoms with Gasteiger partial charge in [-0.05, 0) is 62.4 Å². The minimum absolute atomic E-state index is 0.277. The van der Waals surface area contributed by atoms with Crippen LogP contribution in [0.4, 0.5) is 0 Å². The molecule has 3 nitrogen and oxygen atoms in total. The van der Waals surface area contributed by atoms with Crippen LogP contribution in [0.3, 0.4) is 0 Å². The first kappa shape index (κ1) is 15.4. The van der Waals surface area contributed by atoms with Gasteiger partial charge in [-0.3, -0.25) is 4.79 Å². The summed E-state index contributed by atoms with van der Waals surface area (Å²) in [5.41, 5.74) is 1.76. The van der Waals surface area contributed by atoms with E-state index in [1.165, 1.54) is 11.1 Å². The summed E-state index contributed by atoms with van der Waals surface area (Å²) < 4.78 is 0. The lowest BCUT2D eigenvalue weighted by Gasteiger charge is -2.30. The fourth-order valence-corrected chi connectivity index (χ4v) is 3.80. The maximum absolute atomic E-state index is 11.8. The van der Waals surface area contributed by atoms with E-state index >= 15 is 0 Å². The number of aliphatic carboxylic acids is 1. The summed E-state index contributed by atoms with van der Waals surface area (Å²) >= 11 is 1.64. The second-order valence-corrected chi connectivity index (χ2v) is 6.66. The van der Waals surface area contributed by atoms with Crippen LogP contribution >= 0.6 is 11.8 Å². The van der Waals surface area contributed by atoms with E-state index in [0.717, 1.165) is 17.7 Å². The third-order valence-electron chi connectivity index (χ3n) is 4.09. The second-order valence-electron chi connectivity index (χ2n) is 5.62. The van der Waals surface area contributed by atoms with Crippen molar-refractivity contribution in [2.75, 3.05) is 12.3 Å². The van der Waals surface area contributed by atoms with Crippen molar-refractivity contribution in [1.29, 1.82) is 0 Å². The summed E-state index contributed by atoms with van der Waals surface area (Å²) in [6, 6.07) is 6.33. The highest BCUT2D eigenvalue weighted by molar-refractivity contribution is 7.99. The molecule has 1 unspecified atom stereocenters. The normalized spacial score (nSPS) is 17.8. The molecule has 0 spiro atoms. The molecule has 1 aromatic rings. The van der Waals surface area contributed by atoms with Gasteiger partial charge in [-0.2, -0.15) is 0 Å². The highest BCUT2D eigenvalue weighted by atomic mass is 32.2. The second kappa shape index (κ2) is 6.19. The summed E-state index contributed by atoms with van der Waals surface area (Å²) in [6.07, 6.45) is 2.04. The molecule has 1 aliphatic carbocycles. The Bertz CT molecular complexity index is 499. The number of carboxylic acids is 1. The zero-order valence-corrected chi connectivity index (χ0v) is 13.2. The average Bonchev–Trinajstić information content (AvgIpc) is 3.23. The van der Waals surface area contributed by atoms with E-state index in [1.54, 1.807) is 11.8 Å². The topological polar surface area (TPSA) is 49.3 Å². The molecule has 1 fully saturated rings. The highest BCUT2D eigenvalue weighted by Gasteiger charge is 2.50. The van der Waals surface area contributed by atoms with Crippen LogP contribution in [0, 0.1) is 19.8 Å². The van der Waals surface area contributed by atoms with Gasteiger partial charge in [0, 0.05) is 10.6 Å². The molecule has 0 aliphatic heterocycles. The van der Waals surface area contributed by atoms with E-state index < -0.39 is 11.5 Å². The number of benzene rings is 1. The molecule has 1 atom stereocenters. The smallest absolute Gasteiger partial charge is 0.325 e. The van der Waals surface area contributed by atoms with Gasteiger partial charge in [0.1, 0.15) is 5.54 Å². The third-order valence-corrected chi connectivity index (χ3v) is 5.28. The molecule has 0 heterocycles. The van der Waals surface area contributed by atoms with Crippen LogP contribution in [-0.4, -0.2) is 28.9 Å². The van der Waals surface area contributed by atoms with Crippen LogP contribution in [0.15, 0.2) is 23.1 Å². The van der Waals surface area contributed by atoms with Gasteiger partial charge in [-0.15, -0.1) is 11.8 Å². The van der Waals surface area contributed by atoms with Gasteiger partial charge in [-0.25, -0.2) is 0 Å². The van der Waals surface area contributed by atoms with E-state index in [0.29, 0.717) is 12.3 Å². The molecule has 1 saturated carbocycles. The summed E-state index contributed by atoms with van der Waals surface area (Å²) in [4.78, 5) is 12.9. The standard InChI is InChI=1S/C16H23NO2S/c1-4-17-16(15(18)19,13-6-7-13)10-20-14-8-5-11(2)12(3)9-14/h5,8-9,13,17H,4,6-7,10H2,1-3H3,(H,18,19). The molecule has 0 bridgehead atoms. The fourth-order valence-electron chi connectivity index (χ4n) is 2.52. The van der Waals surface area contributed by atoms with Crippen LogP contribution in [0.2, 0.25) is 0 Å². The number of carbonyl (C=O) groups is 1. The first-order chi connectivity index (χ1) is 9.49. The predicted molar refractivity (Wildman–Crippen MR) is 83.4 cm³/mol. The van der Waals surface area contributed by atoms with Crippen molar-refractivity contribution in [3.8, 4) is 0 Å². The number of nitrogens with one attached hydrogen (secondary N) is 1. The summed E-state index contributed by atoms with van der Waals surface area (Å²) in [5, 5.41) is 12.9. The van der Waals surface area contributed by atoms with Gasteiger partial charge in [0.2, 0.25) is 0 Å². The zero-order valence-electron chi connectivity index (χ0n) is 12.4. The van der Waals surface area contributed by atoms with Gasteiger partial charge in [0.15, 0.2) is 0 Å². The van der Waals surface area contributed by atoms with E-state index in [4.69, 9.17) is 0 Å². The van der Waals surface area contributed by atoms with Crippen LogP contribution in [0.1, 0.15) is 30.9 Å². The number of carboxylic acid groups (broad SMARTS) is 1. The molecule has 1 aliphatic rings. The minimum Gasteiger partial charge on any atom is -0.480 e. The van der Waals surface area contributed by atoms with Crippen LogP contribution in [0.5, 0.6) is 0 Å². The van der Waals surface area contributed by atoms with Crippen molar-refractivity contribution in [2.24, 2.45) is 5.92 Å². The zero-order chi connectivity index (χ0) is 14.8. The molecule has 0 saturated heterocycles. The van der Waals surface area contributed by atoms with Crippen molar-refractivity contribution < 1.29 is 9.90 Å². The SMILES string of the molecule is CCNC(CSc1ccc(C)c(C)c1)(C(=O)O)C1CC1. The Labute approximate surface area is 125 Å². The Hall–Kier alpha value is -1.00. The Kier molecular flexibility index (Phi) is 4.76. The van der Waals surface area contributed by atoms with Gasteiger partial charge in [-0.1, -0.05) is 13.0 Å². The first-order valence-corrected chi connectivity index (χ1v) is 8.16. The quantitative estimate of drug-likeness (QED) is 0.758. The summed E-state index contributed by atoms with van der Waals surface area (Å²) in [7, 11) is 0. The van der Waals surface area contributed by atoms with E-state index in [1.807, 2.05) is 6.92 Å². The number of likely N-dealkylation sites (N-methyl/N-ethyl adjacent to an activating group) is 1. The lowest BCUT2D eigenvalue weighted by molar-refractivity contribution is -0.144. The predicted octanol–water partition coefficient (Wildman–Crippen LogP) is 3.24. The average molecular weight is 293 g/mol. The number of hydrogen-bond acceptors (Lipinski definition) is 3. The van der Waals surface area contributed by atoms with Gasteiger partial charge >= 0.3 is 5.97 Å². The maximum Gasteiger partial charge on any atom is 0.325 e. The lowest BCUT2D eigenvalue weighted by atomic mass is 9.96. The number of thioether (sulfide) groups is 1. The molecule has 0 aromatic heterocycles. The molecule has 20 heavy (non-hydrogen) atoms. The van der Waals surface area contributed by atoms with Crippen molar-refractivity contribution in [3.63, 3.8) is 0 Å². The molecule has 4 heteroatoms. The summed E-state index contributed by atoms with van der Waals surface area (Å²) in [6.45, 7) is 6.85. The lowest BCUT2D eigenvalue weighted by Crippen LogP contribution is -2.56. The first-order valence-electron chi connectivity index (χ1n) is 7.18. The van der Waals surface area contributed by atoms with Crippen molar-refractivity contribution in [2.45, 2.75) is 44.0 Å². The monoisotopic (exact) mass is 293 g/mol. The minimum atomic E-state index is -0.766. The van der Waals surface area contributed by atoms with Gasteiger partial charge in [0.05, 0.1) is 0 Å². The number of aryl methyl sites for hydroxylation is 2. The number of rotatable bonds is 7. The van der Waals surface area contributed by atoms with E-state index in [9.17, 15) is 9.90 Å². The van der Waals surface area contributed by atoms with E-state index in [-0.39, 0.29) is 5.92 Å². The van der Waals surface area contributed by atoms with Crippen molar-refractivity contribution >= 4 is 17.7 Å². The Morgan fingerprint density at radius 1 is 1.40 bits per heavy atom. The molecule has 1 aromatic carbocycles.